The fourth-order valence-electron chi connectivity index (χ4n) is 4.47. The molecule has 21 nitrogen and oxygen atoms in total. The predicted octanol–water partition coefficient (Wildman–Crippen LogP) is 6.12. The first kappa shape index (κ1) is 73.8. The van der Waals surface area contributed by atoms with Gasteiger partial charge in [-0.15, -0.1) is 0 Å². The number of aliphatic carboxylic acids is 6. The van der Waals surface area contributed by atoms with Crippen molar-refractivity contribution in [3.63, 3.8) is 0 Å². The summed E-state index contributed by atoms with van der Waals surface area (Å²) in [5.41, 5.74) is 17.1. The van der Waals surface area contributed by atoms with Crippen molar-refractivity contribution in [2.45, 2.75) is 102 Å². The Labute approximate surface area is 369 Å². The smallest absolute Gasteiger partial charge is 0.693 e. The van der Waals surface area contributed by atoms with Gasteiger partial charge in [0, 0.05) is 19.1 Å². The number of carbonyl (C=O) groups is 6. The molecule has 0 aromatic rings. The van der Waals surface area contributed by atoms with Crippen molar-refractivity contribution in [2.75, 3.05) is 13.1 Å². The van der Waals surface area contributed by atoms with Gasteiger partial charge in [0.15, 0.2) is 10.8 Å². The SMILES string of the molecule is NC[C@@H]1CCCN1N.O=C(O)C1(C(=O)O)CCC1.O=C(O)C1(C(=O)O)CCC1.O=C(O)CC(=O)O.[Cl][Pt+2][Cl].[NH-]C1CCCC[C@@H]1[NH-].[NH2-].[NH2-].[NH2-].[NH2-].[Pt+2].[Pt+2].[Pt+2]. The molecule has 0 aromatic carbocycles. The second-order valence-electron chi connectivity index (χ2n) is 10.9. The monoisotopic (exact) mass is 1530 g/mol. The van der Waals surface area contributed by atoms with E-state index < -0.39 is 69.5 Å². The Morgan fingerprint density at radius 2 is 0.906 bits per heavy atom. The Morgan fingerprint density at radius 1 is 0.623 bits per heavy atom. The third-order valence-electron chi connectivity index (χ3n) is 7.81. The molecule has 27 heteroatoms. The van der Waals surface area contributed by atoms with Crippen LogP contribution in [0, 0.1) is 10.8 Å². The van der Waals surface area contributed by atoms with E-state index in [1.165, 1.54) is 25.7 Å². The number of rotatable bonds is 7. The first-order chi connectivity index (χ1) is 21.4. The molecule has 20 N–H and O–H groups in total. The number of hydrogen-bond donors (Lipinski definition) is 8. The zero-order chi connectivity index (χ0) is 36.1. The number of carboxylic acid groups (broad SMARTS) is 6. The van der Waals surface area contributed by atoms with Crippen LogP contribution < -0.4 is 11.6 Å². The Bertz CT molecular complexity index is 918. The van der Waals surface area contributed by atoms with E-state index in [-0.39, 0.29) is 126 Å². The standard InChI is InChI=1S/C6H12N2.2C6H8O4.C5H13N3.C3H4O4.2ClH.4H2N.4Pt/c7-5-3-1-2-4-6(5)8;2*7-4(8)6(5(9)10)2-1-3-6;6-4-5-2-1-3-8(5)7;4-2(5)1-3(6)7;;;;;;;;;;/h5-8H,1-4H2;2*1-3H2,(H,7,8)(H,9,10);5H,1-4,6-7H2;1H2,(H,4,5)(H,6,7);2*1H;4*1H2;;;;/q-2;;;;;;;4*-1;3*+2;+4/p-2/t5-,6?;;;5-;;;;;;;;;;;/m0..0.........../s1. The van der Waals surface area contributed by atoms with E-state index in [0.29, 0.717) is 25.4 Å². The van der Waals surface area contributed by atoms with E-state index in [1.807, 2.05) is 5.01 Å². The van der Waals surface area contributed by atoms with Gasteiger partial charge in [-0.25, -0.2) is 5.01 Å². The van der Waals surface area contributed by atoms with Crippen LogP contribution in [-0.4, -0.2) is 103 Å². The minimum atomic E-state index is -1.44. The number of hydrazine groups is 1. The topological polar surface area (TPSA) is 461 Å². The molecule has 53 heavy (non-hydrogen) atoms. The molecular formula is C26H53Cl2N9O12Pt4+2. The molecule has 1 unspecified atom stereocenters. The van der Waals surface area contributed by atoms with Crippen molar-refractivity contribution in [1.29, 1.82) is 0 Å². The van der Waals surface area contributed by atoms with Crippen molar-refractivity contribution in [2.24, 2.45) is 22.4 Å². The molecule has 1 heterocycles. The average molecular weight is 1530 g/mol. The van der Waals surface area contributed by atoms with E-state index >= 15 is 0 Å². The van der Waals surface area contributed by atoms with Gasteiger partial charge >= 0.3 is 134 Å². The van der Waals surface area contributed by atoms with Crippen LogP contribution in [0.2, 0.25) is 0 Å². The van der Waals surface area contributed by atoms with Crippen molar-refractivity contribution in [1.82, 2.24) is 5.01 Å². The van der Waals surface area contributed by atoms with Crippen LogP contribution in [0.5, 0.6) is 0 Å². The number of carboxylic acids is 6. The van der Waals surface area contributed by atoms with Gasteiger partial charge in [0.05, 0.1) is 0 Å². The largest absolute Gasteiger partial charge is 2.00 e. The normalized spacial score (nSPS) is 20.2. The fourth-order valence-corrected chi connectivity index (χ4v) is 4.47. The summed E-state index contributed by atoms with van der Waals surface area (Å²) in [4.78, 5) is 60.3. The molecule has 4 aliphatic rings. The number of nitrogens with zero attached hydrogens (tertiary/aromatic N) is 1. The minimum absolute atomic E-state index is 0. The summed E-state index contributed by atoms with van der Waals surface area (Å²) < 4.78 is 0. The molecule has 0 radical (unpaired) electrons. The maximum Gasteiger partial charge on any atom is 2.00 e. The van der Waals surface area contributed by atoms with Gasteiger partial charge in [0.1, 0.15) is 6.42 Å². The van der Waals surface area contributed by atoms with Crippen LogP contribution in [0.15, 0.2) is 0 Å². The summed E-state index contributed by atoms with van der Waals surface area (Å²) in [5.74, 6) is -1.89. The van der Waals surface area contributed by atoms with Crippen molar-refractivity contribution in [3.8, 4) is 0 Å². The van der Waals surface area contributed by atoms with Crippen LogP contribution in [0.3, 0.4) is 0 Å². The summed E-state index contributed by atoms with van der Waals surface area (Å²) in [6, 6.07) is 0.294. The maximum absolute atomic E-state index is 10.4. The van der Waals surface area contributed by atoms with Gasteiger partial charge in [-0.2, -0.15) is 12.1 Å². The summed E-state index contributed by atoms with van der Waals surface area (Å²) >= 11 is -0.472. The summed E-state index contributed by atoms with van der Waals surface area (Å²) in [6.07, 6.45) is 8.34. The number of nitrogens with one attached hydrogen (secondary N) is 2. The van der Waals surface area contributed by atoms with Crippen LogP contribution >= 0.6 is 18.8 Å². The van der Waals surface area contributed by atoms with Crippen LogP contribution in [-0.2, 0) is 108 Å². The summed E-state index contributed by atoms with van der Waals surface area (Å²) in [6.45, 7) is 1.72. The zero-order valence-electron chi connectivity index (χ0n) is 28.4. The van der Waals surface area contributed by atoms with Crippen molar-refractivity contribution < 1.29 is 139 Å². The van der Waals surface area contributed by atoms with Gasteiger partial charge in [-0.3, -0.25) is 34.6 Å². The van der Waals surface area contributed by atoms with Gasteiger partial charge in [0.2, 0.25) is 0 Å². The Kier molecular flexibility index (Phi) is 55.7. The molecule has 0 aromatic heterocycles. The first-order valence-electron chi connectivity index (χ1n) is 14.2. The van der Waals surface area contributed by atoms with Crippen molar-refractivity contribution in [3.05, 3.63) is 36.1 Å². The molecule has 4 fully saturated rings. The molecule has 326 valence electrons. The van der Waals surface area contributed by atoms with Crippen LogP contribution in [0.1, 0.15) is 83.5 Å². The maximum atomic E-state index is 10.4. The van der Waals surface area contributed by atoms with E-state index in [2.05, 4.69) is 0 Å². The van der Waals surface area contributed by atoms with E-state index in [1.54, 1.807) is 0 Å². The quantitative estimate of drug-likeness (QED) is 0.105. The van der Waals surface area contributed by atoms with Crippen LogP contribution in [0.25, 0.3) is 36.1 Å². The summed E-state index contributed by atoms with van der Waals surface area (Å²) in [5, 5.41) is 51.1. The van der Waals surface area contributed by atoms with Gasteiger partial charge in [-0.1, -0.05) is 25.7 Å². The number of hydrogen-bond acceptors (Lipinski definition) is 9. The van der Waals surface area contributed by atoms with E-state index in [4.69, 9.17) is 72.5 Å². The minimum Gasteiger partial charge on any atom is -0.693 e. The van der Waals surface area contributed by atoms with Gasteiger partial charge in [-0.05, 0) is 51.4 Å². The van der Waals surface area contributed by atoms with Crippen molar-refractivity contribution >= 4 is 54.7 Å². The third-order valence-corrected chi connectivity index (χ3v) is 7.81. The van der Waals surface area contributed by atoms with E-state index in [0.717, 1.165) is 19.4 Å². The second-order valence-corrected chi connectivity index (χ2v) is 14.2. The molecular weight excluding hydrogens is 1480 g/mol. The Balaban J connectivity index is -0.0000000623. The fraction of sp³-hybridized carbons (Fsp3) is 0.769. The molecule has 0 bridgehead atoms. The molecule has 3 atom stereocenters. The molecule has 3 saturated carbocycles. The predicted molar refractivity (Wildman–Crippen MR) is 184 cm³/mol. The van der Waals surface area contributed by atoms with Gasteiger partial charge in [0.25, 0.3) is 0 Å². The third kappa shape index (κ3) is 28.8. The molecule has 1 saturated heterocycles. The first-order valence-corrected chi connectivity index (χ1v) is 19.8. The van der Waals surface area contributed by atoms with E-state index in [9.17, 15) is 28.8 Å². The summed E-state index contributed by atoms with van der Waals surface area (Å²) in [7, 11) is 9.75. The zero-order valence-corrected chi connectivity index (χ0v) is 39.0. The molecule has 0 amide bonds. The van der Waals surface area contributed by atoms with Gasteiger partial charge < -0.3 is 72.4 Å². The Morgan fingerprint density at radius 3 is 0.981 bits per heavy atom. The Hall–Kier alpha value is -0.207. The average Bonchev–Trinajstić information content (AvgIpc) is 3.29. The number of halogens is 2. The van der Waals surface area contributed by atoms with Crippen LogP contribution in [0.4, 0.5) is 0 Å². The molecule has 3 aliphatic carbocycles. The molecule has 0 spiro atoms. The second kappa shape index (κ2) is 40.0. The molecule has 4 rings (SSSR count). The molecule has 1 aliphatic heterocycles. The number of nitrogens with two attached hydrogens (primary N) is 6.